The maximum atomic E-state index is 9.09. The zero-order valence-corrected chi connectivity index (χ0v) is 16.2. The molecule has 0 aliphatic heterocycles. The number of halogens is 4. The average molecular weight is 434 g/mol. The summed E-state index contributed by atoms with van der Waals surface area (Å²) in [5, 5.41) is 17.4. The van der Waals surface area contributed by atoms with Gasteiger partial charge >= 0.3 is 0 Å². The number of hydrogen-bond donors (Lipinski definition) is 2. The van der Waals surface area contributed by atoms with Crippen LogP contribution in [-0.2, 0) is 34.2 Å². The lowest BCUT2D eigenvalue weighted by Crippen LogP contribution is -1.93. The van der Waals surface area contributed by atoms with Crippen molar-refractivity contribution in [3.8, 4) is 0 Å². The second-order valence-corrected chi connectivity index (χ2v) is 7.12. The van der Waals surface area contributed by atoms with Gasteiger partial charge in [0.05, 0.1) is 13.2 Å². The Labute approximate surface area is 162 Å². The number of aromatic nitrogens is 2. The van der Waals surface area contributed by atoms with E-state index in [1.54, 1.807) is 30.9 Å². The van der Waals surface area contributed by atoms with Crippen LogP contribution in [0.15, 0.2) is 36.9 Å². The van der Waals surface area contributed by atoms with E-state index in [1.807, 2.05) is 6.07 Å². The van der Waals surface area contributed by atoms with Crippen molar-refractivity contribution in [1.82, 2.24) is 9.97 Å². The number of pyridine rings is 2. The molecule has 0 bridgehead atoms. The van der Waals surface area contributed by atoms with Gasteiger partial charge < -0.3 is 10.2 Å². The van der Waals surface area contributed by atoms with Gasteiger partial charge in [-0.25, -0.2) is 4.21 Å². The van der Waals surface area contributed by atoms with Crippen molar-refractivity contribution in [2.45, 2.75) is 25.0 Å². The van der Waals surface area contributed by atoms with Crippen LogP contribution in [0.3, 0.4) is 0 Å². The summed E-state index contributed by atoms with van der Waals surface area (Å²) in [6.07, 6.45) is 6.59. The molecule has 2 aromatic rings. The quantitative estimate of drug-likeness (QED) is 0.567. The van der Waals surface area contributed by atoms with Crippen LogP contribution < -0.4 is 0 Å². The summed E-state index contributed by atoms with van der Waals surface area (Å²) in [6.45, 7) is -0.109. The minimum atomic E-state index is -1.67. The van der Waals surface area contributed by atoms with E-state index in [1.165, 1.54) is 0 Å². The summed E-state index contributed by atoms with van der Waals surface area (Å²) in [6, 6.07) is 3.57. The first kappa shape index (κ1) is 23.5. The monoisotopic (exact) mass is 432 g/mol. The molecule has 10 heteroatoms. The van der Waals surface area contributed by atoms with Crippen LogP contribution in [-0.4, -0.2) is 24.4 Å². The summed E-state index contributed by atoms with van der Waals surface area (Å²) < 4.78 is 9.09. The van der Waals surface area contributed by atoms with Gasteiger partial charge in [-0.1, -0.05) is 0 Å². The predicted molar refractivity (Wildman–Crippen MR) is 99.3 cm³/mol. The molecule has 5 nitrogen and oxygen atoms in total. The highest BCUT2D eigenvalue weighted by atomic mass is 36.0. The zero-order chi connectivity index (χ0) is 18.4. The molecule has 0 aliphatic carbocycles. The van der Waals surface area contributed by atoms with Crippen molar-refractivity contribution in [2.24, 2.45) is 0 Å². The molecular weight excluding hydrogens is 418 g/mol. The molecule has 24 heavy (non-hydrogen) atoms. The molecule has 0 amide bonds. The summed E-state index contributed by atoms with van der Waals surface area (Å²) in [5.74, 6) is 0.987. The van der Waals surface area contributed by atoms with Gasteiger partial charge in [0, 0.05) is 63.5 Å². The predicted octanol–water partition coefficient (Wildman–Crippen LogP) is 3.67. The van der Waals surface area contributed by atoms with E-state index in [9.17, 15) is 0 Å². The van der Waals surface area contributed by atoms with E-state index in [2.05, 4.69) is 31.3 Å². The van der Waals surface area contributed by atoms with Crippen molar-refractivity contribution >= 4 is 53.8 Å². The number of hydrogen-bond acceptors (Lipinski definition) is 5. The molecule has 0 saturated heterocycles. The van der Waals surface area contributed by atoms with E-state index in [4.69, 9.17) is 37.6 Å². The Hall–Kier alpha value is -0.470. The fourth-order valence-electron chi connectivity index (χ4n) is 1.46. The van der Waals surface area contributed by atoms with Crippen LogP contribution in [0.2, 0.25) is 0 Å². The maximum Gasteiger partial charge on any atom is 0.211 e. The molecule has 0 radical (unpaired) electrons. The fraction of sp³-hybridized carbons (Fsp3) is 0.286. The summed E-state index contributed by atoms with van der Waals surface area (Å²) >= 11 is 11.2. The molecule has 0 aliphatic rings. The molecule has 0 fully saturated rings. The number of alkyl halides is 2. The summed E-state index contributed by atoms with van der Waals surface area (Å²) in [4.78, 5) is 7.71. The van der Waals surface area contributed by atoms with Gasteiger partial charge in [0.15, 0.2) is 0 Å². The summed E-state index contributed by atoms with van der Waals surface area (Å²) in [5.41, 5.74) is 3.49. The Bertz CT molecular complexity index is 523. The number of rotatable bonds is 4. The van der Waals surface area contributed by atoms with E-state index in [0.717, 1.165) is 16.7 Å². The third-order valence-corrected chi connectivity index (χ3v) is 3.21. The van der Waals surface area contributed by atoms with E-state index in [-0.39, 0.29) is 13.2 Å². The van der Waals surface area contributed by atoms with Crippen molar-refractivity contribution in [2.75, 3.05) is 0 Å². The van der Waals surface area contributed by atoms with Gasteiger partial charge in [-0.15, -0.1) is 23.2 Å². The second-order valence-electron chi connectivity index (χ2n) is 4.06. The molecule has 2 N–H and O–H groups in total. The topological polar surface area (TPSA) is 83.3 Å². The van der Waals surface area contributed by atoms with Gasteiger partial charge in [-0.3, -0.25) is 9.97 Å². The van der Waals surface area contributed by atoms with Gasteiger partial charge in [-0.05, 0) is 28.8 Å². The van der Waals surface area contributed by atoms with Crippen molar-refractivity contribution in [1.29, 1.82) is 0 Å². The van der Waals surface area contributed by atoms with Gasteiger partial charge in [0.25, 0.3) is 0 Å². The zero-order valence-electron chi connectivity index (χ0n) is 12.4. The first-order valence-electron chi connectivity index (χ1n) is 6.41. The summed E-state index contributed by atoms with van der Waals surface area (Å²) in [7, 11) is 7.36. The Balaban J connectivity index is 0.000000363. The highest BCUT2D eigenvalue weighted by Crippen LogP contribution is 2.11. The van der Waals surface area contributed by atoms with Crippen molar-refractivity contribution in [3.63, 3.8) is 0 Å². The Morgan fingerprint density at radius 1 is 0.833 bits per heavy atom. The van der Waals surface area contributed by atoms with Crippen LogP contribution in [0.5, 0.6) is 0 Å². The maximum absolute atomic E-state index is 9.09. The molecule has 0 aromatic carbocycles. The molecule has 0 atom stereocenters. The van der Waals surface area contributed by atoms with Crippen molar-refractivity contribution < 1.29 is 14.4 Å². The Morgan fingerprint density at radius 2 is 1.25 bits per heavy atom. The van der Waals surface area contributed by atoms with Crippen molar-refractivity contribution in [3.05, 3.63) is 59.2 Å². The highest BCUT2D eigenvalue weighted by Gasteiger charge is 1.97. The third kappa shape index (κ3) is 10.4. The average Bonchev–Trinajstić information content (AvgIpc) is 2.61. The smallest absolute Gasteiger partial charge is 0.211 e. The van der Waals surface area contributed by atoms with Crippen LogP contribution in [0.1, 0.15) is 22.3 Å². The van der Waals surface area contributed by atoms with Crippen LogP contribution in [0.4, 0.5) is 0 Å². The lowest BCUT2D eigenvalue weighted by atomic mass is 10.2. The van der Waals surface area contributed by atoms with Gasteiger partial charge in [0.1, 0.15) is 0 Å². The van der Waals surface area contributed by atoms with E-state index in [0.29, 0.717) is 17.3 Å². The molecule has 0 unspecified atom stereocenters. The van der Waals surface area contributed by atoms with Crippen LogP contribution in [0, 0.1) is 0 Å². The number of aliphatic hydroxyl groups excluding tert-OH is 2. The molecule has 0 saturated carbocycles. The number of nitrogens with zero attached hydrogens (tertiary/aromatic N) is 2. The van der Waals surface area contributed by atoms with Gasteiger partial charge in [0.2, 0.25) is 9.23 Å². The normalized spacial score (nSPS) is 9.62. The van der Waals surface area contributed by atoms with E-state index >= 15 is 0 Å². The standard InChI is InChI=1S/C7H7Cl2N.C7H9NO2.Cl2OS/c8-3-6-1-2-10-5-7(6)4-9;9-4-6-1-2-8-3-7(6)5-10;1-4(2)3/h1-2,5H,3-4H2;1-3,9-10H,4-5H2;. The Kier molecular flexibility index (Phi) is 14.5. The SMILES string of the molecule is ClCc1ccncc1CCl.O=S(Cl)Cl.OCc1ccncc1CO. The molecule has 134 valence electrons. The first-order chi connectivity index (χ1) is 11.5. The Morgan fingerprint density at radius 3 is 1.58 bits per heavy atom. The highest BCUT2D eigenvalue weighted by molar-refractivity contribution is 8.26. The second kappa shape index (κ2) is 14.8. The minimum absolute atomic E-state index is 0.0432. The lowest BCUT2D eigenvalue weighted by molar-refractivity contribution is 0.259. The largest absolute Gasteiger partial charge is 0.392 e. The van der Waals surface area contributed by atoms with E-state index < -0.39 is 9.23 Å². The van der Waals surface area contributed by atoms with Crippen LogP contribution >= 0.6 is 44.6 Å². The molecule has 2 heterocycles. The molecular formula is C14H16Cl4N2O3S. The fourth-order valence-corrected chi connectivity index (χ4v) is 1.96. The van der Waals surface area contributed by atoms with Gasteiger partial charge in [-0.2, -0.15) is 0 Å². The molecule has 2 aromatic heterocycles. The molecule has 0 spiro atoms. The first-order valence-corrected chi connectivity index (χ1v) is 10.3. The van der Waals surface area contributed by atoms with Crippen LogP contribution in [0.25, 0.3) is 0 Å². The third-order valence-electron chi connectivity index (χ3n) is 2.64. The minimum Gasteiger partial charge on any atom is -0.392 e. The lowest BCUT2D eigenvalue weighted by Gasteiger charge is -2.00. The molecule has 2 rings (SSSR count). The number of aliphatic hydroxyl groups is 2.